The number of rotatable bonds is 15. The molecule has 12 heteroatoms. The lowest BCUT2D eigenvalue weighted by atomic mass is 10.1. The average molecular weight is 721 g/mol. The number of thiazole rings is 1. The lowest BCUT2D eigenvalue weighted by Gasteiger charge is -2.13. The molecule has 0 saturated carbocycles. The Balaban J connectivity index is 1.21. The maximum absolute atomic E-state index is 13.5. The Morgan fingerprint density at radius 2 is 1.55 bits per heavy atom. The first-order valence-electron chi connectivity index (χ1n) is 16.1. The molecule has 5 rings (SSSR count). The molecule has 1 unspecified atom stereocenters. The van der Waals surface area contributed by atoms with Crippen LogP contribution in [-0.2, 0) is 32.1 Å². The monoisotopic (exact) mass is 720 g/mol. The first-order valence-corrected chi connectivity index (χ1v) is 17.9. The highest BCUT2D eigenvalue weighted by atomic mass is 32.2. The number of hydrogen-bond acceptors (Lipinski definition) is 9. The predicted octanol–water partition coefficient (Wildman–Crippen LogP) is 7.36. The van der Waals surface area contributed by atoms with Crippen molar-refractivity contribution in [1.29, 1.82) is 0 Å². The number of ether oxygens (including phenoxy) is 2. The highest BCUT2D eigenvalue weighted by Gasteiger charge is 2.18. The fraction of sp³-hybridized carbons (Fsp3) is 0.154. The van der Waals surface area contributed by atoms with Gasteiger partial charge in [-0.25, -0.2) is 4.98 Å². The number of nitrogens with one attached hydrogen (secondary N) is 3. The van der Waals surface area contributed by atoms with Gasteiger partial charge in [-0.3, -0.25) is 19.2 Å². The van der Waals surface area contributed by atoms with Crippen molar-refractivity contribution in [2.24, 2.45) is 0 Å². The summed E-state index contributed by atoms with van der Waals surface area (Å²) < 4.78 is 10.8. The van der Waals surface area contributed by atoms with Gasteiger partial charge in [0.25, 0.3) is 11.8 Å². The minimum Gasteiger partial charge on any atom is -0.489 e. The quantitative estimate of drug-likeness (QED) is 0.0580. The number of carbonyl (C=O) groups is 4. The second-order valence-electron chi connectivity index (χ2n) is 11.1. The van der Waals surface area contributed by atoms with E-state index in [1.165, 1.54) is 23.1 Å². The third-order valence-electron chi connectivity index (χ3n) is 7.18. The lowest BCUT2D eigenvalue weighted by molar-refractivity contribution is -0.142. The van der Waals surface area contributed by atoms with Crippen LogP contribution in [0.5, 0.6) is 5.75 Å². The minimum absolute atomic E-state index is 0.0438. The molecule has 0 spiro atoms. The first-order chi connectivity index (χ1) is 24.7. The molecule has 0 radical (unpaired) electrons. The smallest absolute Gasteiger partial charge is 0.311 e. The van der Waals surface area contributed by atoms with E-state index < -0.39 is 17.1 Å². The molecular weight excluding hydrogens is 685 g/mol. The predicted molar refractivity (Wildman–Crippen MR) is 201 cm³/mol. The van der Waals surface area contributed by atoms with Crippen LogP contribution in [0.3, 0.4) is 0 Å². The molecule has 4 aromatic carbocycles. The third-order valence-corrected chi connectivity index (χ3v) is 9.09. The third kappa shape index (κ3) is 11.4. The van der Waals surface area contributed by atoms with Crippen LogP contribution in [0.2, 0.25) is 0 Å². The number of hydrogen-bond donors (Lipinski definition) is 3. The topological polar surface area (TPSA) is 136 Å². The number of carbonyl (C=O) groups excluding carboxylic acids is 4. The standard InChI is InChI=1S/C39H36N4O6S2/c1-3-48-35(44)23-31-25-50-39(41-31)43-36(45)26(2)51-33-20-16-30(17-21-33)40-38(47)34(42-37(46)29-12-8-5-9-13-29)22-27-14-18-32(19-15-27)49-24-28-10-6-4-7-11-28/h4-22,25-26H,3,23-24H2,1-2H3,(H,40,47)(H,42,46)(H,41,43,45)/b34-22-. The molecule has 0 aliphatic heterocycles. The molecule has 1 heterocycles. The maximum Gasteiger partial charge on any atom is 0.311 e. The molecule has 1 aromatic heterocycles. The summed E-state index contributed by atoms with van der Waals surface area (Å²) in [6.45, 7) is 4.23. The van der Waals surface area contributed by atoms with E-state index in [0.717, 1.165) is 10.5 Å². The summed E-state index contributed by atoms with van der Waals surface area (Å²) in [5, 5.41) is 10.1. The number of nitrogens with zero attached hydrogens (tertiary/aromatic N) is 1. The fourth-order valence-electron chi connectivity index (χ4n) is 4.60. The molecular formula is C39H36N4O6S2. The largest absolute Gasteiger partial charge is 0.489 e. The van der Waals surface area contributed by atoms with Gasteiger partial charge in [0, 0.05) is 21.5 Å². The zero-order valence-corrected chi connectivity index (χ0v) is 29.6. The number of aromatic nitrogens is 1. The molecule has 0 aliphatic carbocycles. The number of esters is 1. The van der Waals surface area contributed by atoms with Crippen LogP contribution in [0.1, 0.15) is 41.0 Å². The minimum atomic E-state index is -0.511. The zero-order valence-electron chi connectivity index (χ0n) is 28.0. The van der Waals surface area contributed by atoms with E-state index in [4.69, 9.17) is 9.47 Å². The summed E-state index contributed by atoms with van der Waals surface area (Å²) in [5.74, 6) is -0.879. The summed E-state index contributed by atoms with van der Waals surface area (Å²) in [5.41, 5.74) is 3.23. The van der Waals surface area contributed by atoms with Crippen molar-refractivity contribution in [3.8, 4) is 5.75 Å². The molecule has 3 amide bonds. The van der Waals surface area contributed by atoms with Gasteiger partial charge in [0.2, 0.25) is 5.91 Å². The fourth-order valence-corrected chi connectivity index (χ4v) is 6.18. The normalized spacial score (nSPS) is 11.6. The lowest BCUT2D eigenvalue weighted by Crippen LogP contribution is -2.30. The molecule has 5 aromatic rings. The van der Waals surface area contributed by atoms with Crippen molar-refractivity contribution in [3.05, 3.63) is 143 Å². The van der Waals surface area contributed by atoms with E-state index in [0.29, 0.717) is 46.6 Å². The molecule has 0 fully saturated rings. The number of thioether (sulfide) groups is 1. The van der Waals surface area contributed by atoms with Gasteiger partial charge >= 0.3 is 5.97 Å². The maximum atomic E-state index is 13.5. The van der Waals surface area contributed by atoms with Crippen LogP contribution in [0, 0.1) is 0 Å². The van der Waals surface area contributed by atoms with Gasteiger partial charge < -0.3 is 25.4 Å². The van der Waals surface area contributed by atoms with E-state index >= 15 is 0 Å². The molecule has 10 nitrogen and oxygen atoms in total. The average Bonchev–Trinajstić information content (AvgIpc) is 3.58. The molecule has 0 aliphatic rings. The van der Waals surface area contributed by atoms with E-state index in [-0.39, 0.29) is 24.0 Å². The SMILES string of the molecule is CCOC(=O)Cc1csc(NC(=O)C(C)Sc2ccc(NC(=O)/C(=C/c3ccc(OCc4ccccc4)cc3)NC(=O)c3ccccc3)cc2)n1. The molecule has 260 valence electrons. The number of amides is 3. The summed E-state index contributed by atoms with van der Waals surface area (Å²) in [6, 6.07) is 32.8. The van der Waals surface area contributed by atoms with Crippen molar-refractivity contribution >= 4 is 63.7 Å². The molecule has 0 bridgehead atoms. The number of anilines is 2. The first kappa shape index (κ1) is 36.6. The van der Waals surface area contributed by atoms with Gasteiger partial charge in [0.05, 0.1) is 24.0 Å². The van der Waals surface area contributed by atoms with Gasteiger partial charge in [-0.15, -0.1) is 23.1 Å². The summed E-state index contributed by atoms with van der Waals surface area (Å²) >= 11 is 2.58. The molecule has 51 heavy (non-hydrogen) atoms. The Kier molecular flexibility index (Phi) is 13.1. The van der Waals surface area contributed by atoms with Gasteiger partial charge in [0.15, 0.2) is 5.13 Å². The van der Waals surface area contributed by atoms with E-state index in [2.05, 4.69) is 20.9 Å². The molecule has 0 saturated heterocycles. The van der Waals surface area contributed by atoms with Gasteiger partial charge in [-0.1, -0.05) is 60.7 Å². The zero-order chi connectivity index (χ0) is 36.0. The van der Waals surface area contributed by atoms with E-state index in [1.807, 2.05) is 48.5 Å². The summed E-state index contributed by atoms with van der Waals surface area (Å²) in [7, 11) is 0. The van der Waals surface area contributed by atoms with Crippen molar-refractivity contribution < 1.29 is 28.7 Å². The van der Waals surface area contributed by atoms with Crippen LogP contribution in [0.25, 0.3) is 6.08 Å². The Hall–Kier alpha value is -5.72. The van der Waals surface area contributed by atoms with Gasteiger partial charge in [-0.05, 0) is 79.6 Å². The van der Waals surface area contributed by atoms with Crippen LogP contribution in [-0.4, -0.2) is 40.5 Å². The van der Waals surface area contributed by atoms with E-state index in [9.17, 15) is 19.2 Å². The Bertz CT molecular complexity index is 1960. The second-order valence-corrected chi connectivity index (χ2v) is 13.3. The Labute approximate surface area is 304 Å². The van der Waals surface area contributed by atoms with Gasteiger partial charge in [-0.2, -0.15) is 0 Å². The Morgan fingerprint density at radius 3 is 2.24 bits per heavy atom. The van der Waals surface area contributed by atoms with Gasteiger partial charge in [0.1, 0.15) is 18.1 Å². The van der Waals surface area contributed by atoms with Crippen LogP contribution < -0.4 is 20.7 Å². The van der Waals surface area contributed by atoms with Crippen LogP contribution in [0.4, 0.5) is 10.8 Å². The van der Waals surface area contributed by atoms with Crippen LogP contribution in [0.15, 0.2) is 125 Å². The van der Waals surface area contributed by atoms with E-state index in [1.54, 1.807) is 86.0 Å². The van der Waals surface area contributed by atoms with Crippen molar-refractivity contribution in [3.63, 3.8) is 0 Å². The Morgan fingerprint density at radius 1 is 0.863 bits per heavy atom. The second kappa shape index (κ2) is 18.3. The van der Waals surface area contributed by atoms with Crippen molar-refractivity contribution in [2.45, 2.75) is 37.0 Å². The van der Waals surface area contributed by atoms with Crippen molar-refractivity contribution in [2.75, 3.05) is 17.2 Å². The van der Waals surface area contributed by atoms with Crippen molar-refractivity contribution in [1.82, 2.24) is 10.3 Å². The summed E-state index contributed by atoms with van der Waals surface area (Å²) in [6.07, 6.45) is 1.64. The number of benzene rings is 4. The van der Waals surface area contributed by atoms with Crippen LogP contribution >= 0.6 is 23.1 Å². The highest BCUT2D eigenvalue weighted by Crippen LogP contribution is 2.27. The summed E-state index contributed by atoms with van der Waals surface area (Å²) in [4.78, 5) is 56.2. The molecule has 3 N–H and O–H groups in total. The molecule has 1 atom stereocenters. The highest BCUT2D eigenvalue weighted by molar-refractivity contribution is 8.00.